The first-order valence-electron chi connectivity index (χ1n) is 9.65. The van der Waals surface area contributed by atoms with E-state index in [1.54, 1.807) is 0 Å². The van der Waals surface area contributed by atoms with Crippen molar-refractivity contribution in [1.29, 1.82) is 0 Å². The molecule has 3 aromatic rings. The summed E-state index contributed by atoms with van der Waals surface area (Å²) in [6, 6.07) is 10.6. The first kappa shape index (κ1) is 18.4. The van der Waals surface area contributed by atoms with Crippen LogP contribution in [0.3, 0.4) is 0 Å². The molecule has 1 aliphatic rings. The van der Waals surface area contributed by atoms with Gasteiger partial charge < -0.3 is 14.8 Å². The van der Waals surface area contributed by atoms with Gasteiger partial charge in [-0.05, 0) is 61.9 Å². The van der Waals surface area contributed by atoms with Crippen molar-refractivity contribution in [2.45, 2.75) is 33.7 Å². The molecule has 0 saturated carbocycles. The lowest BCUT2D eigenvalue weighted by Gasteiger charge is -2.23. The molecule has 2 aromatic heterocycles. The smallest absolute Gasteiger partial charge is 0.222 e. The number of nitrogens with zero attached hydrogens (tertiary/aromatic N) is 3. The molecule has 144 valence electrons. The van der Waals surface area contributed by atoms with Crippen LogP contribution in [0.4, 0.5) is 5.82 Å². The van der Waals surface area contributed by atoms with Gasteiger partial charge in [0.05, 0.1) is 5.52 Å². The van der Waals surface area contributed by atoms with Crippen LogP contribution in [0.15, 0.2) is 36.5 Å². The van der Waals surface area contributed by atoms with Gasteiger partial charge in [-0.1, -0.05) is 11.6 Å². The fourth-order valence-electron chi connectivity index (χ4n) is 3.94. The first-order valence-corrected chi connectivity index (χ1v) is 9.65. The molecule has 0 saturated heterocycles. The highest BCUT2D eigenvalue weighted by Gasteiger charge is 2.21. The van der Waals surface area contributed by atoms with Crippen LogP contribution in [0.25, 0.3) is 22.7 Å². The fraction of sp³-hybridized carbons (Fsp3) is 0.304. The number of anilines is 1. The van der Waals surface area contributed by atoms with Gasteiger partial charge in [0.15, 0.2) is 0 Å². The molecule has 0 spiro atoms. The zero-order valence-corrected chi connectivity index (χ0v) is 16.9. The summed E-state index contributed by atoms with van der Waals surface area (Å²) < 4.78 is 2.36. The molecular formula is C23H26N4O. The number of amides is 1. The Labute approximate surface area is 165 Å². The average Bonchev–Trinajstić information content (AvgIpc) is 2.94. The van der Waals surface area contributed by atoms with E-state index in [0.717, 1.165) is 30.6 Å². The zero-order chi connectivity index (χ0) is 19.8. The molecular weight excluding hydrogens is 348 g/mol. The summed E-state index contributed by atoms with van der Waals surface area (Å²) >= 11 is 0. The van der Waals surface area contributed by atoms with E-state index >= 15 is 0 Å². The molecule has 5 nitrogen and oxygen atoms in total. The van der Waals surface area contributed by atoms with Crippen molar-refractivity contribution in [3.8, 4) is 0 Å². The Morgan fingerprint density at radius 1 is 1.21 bits per heavy atom. The lowest BCUT2D eigenvalue weighted by atomic mass is 10.0. The largest absolute Gasteiger partial charge is 0.320 e. The number of aryl methyl sites for hydroxylation is 1. The lowest BCUT2D eigenvalue weighted by Crippen LogP contribution is -2.26. The number of carbonyl (C=O) groups is 1. The Bertz CT molecular complexity index is 1080. The number of rotatable bonds is 3. The summed E-state index contributed by atoms with van der Waals surface area (Å²) in [5.74, 6) is 0.463. The molecule has 0 fully saturated rings. The second kappa shape index (κ2) is 7.24. The van der Waals surface area contributed by atoms with Gasteiger partial charge >= 0.3 is 0 Å². The third-order valence-corrected chi connectivity index (χ3v) is 5.38. The Balaban J connectivity index is 1.77. The Morgan fingerprint density at radius 3 is 2.75 bits per heavy atom. The number of aromatic nitrogens is 2. The normalized spacial score (nSPS) is 14.9. The van der Waals surface area contributed by atoms with Gasteiger partial charge in [-0.15, -0.1) is 0 Å². The molecule has 0 aliphatic carbocycles. The van der Waals surface area contributed by atoms with Crippen LogP contribution in [0, 0.1) is 6.92 Å². The van der Waals surface area contributed by atoms with Crippen molar-refractivity contribution < 1.29 is 4.79 Å². The van der Waals surface area contributed by atoms with Crippen molar-refractivity contribution in [2.24, 2.45) is 0 Å². The van der Waals surface area contributed by atoms with E-state index < -0.39 is 0 Å². The van der Waals surface area contributed by atoms with Crippen LogP contribution in [0.5, 0.6) is 0 Å². The van der Waals surface area contributed by atoms with Crippen LogP contribution in [-0.2, 0) is 17.8 Å². The highest BCUT2D eigenvalue weighted by atomic mass is 16.1. The minimum Gasteiger partial charge on any atom is -0.320 e. The Kier molecular flexibility index (Phi) is 4.77. The van der Waals surface area contributed by atoms with E-state index in [4.69, 9.17) is 0 Å². The van der Waals surface area contributed by atoms with E-state index in [1.807, 2.05) is 18.3 Å². The number of benzene rings is 1. The van der Waals surface area contributed by atoms with Gasteiger partial charge in [0.25, 0.3) is 0 Å². The lowest BCUT2D eigenvalue weighted by molar-refractivity contribution is -0.114. The molecule has 1 N–H and O–H groups in total. The highest BCUT2D eigenvalue weighted by molar-refractivity contribution is 5.91. The van der Waals surface area contributed by atoms with Gasteiger partial charge in [0, 0.05) is 49.9 Å². The van der Waals surface area contributed by atoms with Crippen molar-refractivity contribution in [2.75, 3.05) is 18.9 Å². The third-order valence-electron chi connectivity index (χ3n) is 5.38. The second-order valence-corrected chi connectivity index (χ2v) is 7.73. The molecule has 1 aromatic carbocycles. The SMILES string of the molecule is CC(=O)Nc1ccc(C(C)=Cn2c3c(c4cc(C)ccc42)CN(C)CC3)cn1. The maximum Gasteiger partial charge on any atom is 0.222 e. The van der Waals surface area contributed by atoms with Crippen LogP contribution in [0.1, 0.15) is 36.2 Å². The van der Waals surface area contributed by atoms with Gasteiger partial charge in [-0.25, -0.2) is 4.98 Å². The number of fused-ring (bicyclic) bond motifs is 3. The molecule has 3 heterocycles. The van der Waals surface area contributed by atoms with Crippen molar-refractivity contribution >= 4 is 34.4 Å². The number of pyridine rings is 1. The van der Waals surface area contributed by atoms with Crippen molar-refractivity contribution in [3.63, 3.8) is 0 Å². The summed E-state index contributed by atoms with van der Waals surface area (Å²) in [6.07, 6.45) is 5.08. The van der Waals surface area contributed by atoms with Crippen LogP contribution < -0.4 is 5.32 Å². The summed E-state index contributed by atoms with van der Waals surface area (Å²) in [7, 11) is 2.19. The Morgan fingerprint density at radius 2 is 2.04 bits per heavy atom. The molecule has 5 heteroatoms. The molecule has 1 aliphatic heterocycles. The summed E-state index contributed by atoms with van der Waals surface area (Å²) in [4.78, 5) is 17.9. The molecule has 0 atom stereocenters. The second-order valence-electron chi connectivity index (χ2n) is 7.73. The minimum absolute atomic E-state index is 0.113. The van der Waals surface area contributed by atoms with Gasteiger partial charge in [0.1, 0.15) is 5.82 Å². The monoisotopic (exact) mass is 374 g/mol. The van der Waals surface area contributed by atoms with Gasteiger partial charge in [0.2, 0.25) is 5.91 Å². The number of nitrogens with one attached hydrogen (secondary N) is 1. The standard InChI is InChI=1S/C23H26N4O/c1-15-5-7-21-19(11-15)20-14-26(4)10-9-22(20)27(21)13-16(2)18-6-8-23(24-12-18)25-17(3)28/h5-8,11-13H,9-10,14H2,1-4H3,(H,24,25,28). The van der Waals surface area contributed by atoms with E-state index in [2.05, 4.69) is 65.1 Å². The third kappa shape index (κ3) is 3.45. The van der Waals surface area contributed by atoms with E-state index in [-0.39, 0.29) is 5.91 Å². The molecule has 0 bridgehead atoms. The van der Waals surface area contributed by atoms with E-state index in [0.29, 0.717) is 5.82 Å². The van der Waals surface area contributed by atoms with E-state index in [9.17, 15) is 4.79 Å². The van der Waals surface area contributed by atoms with Gasteiger partial charge in [-0.2, -0.15) is 0 Å². The van der Waals surface area contributed by atoms with Crippen LogP contribution >= 0.6 is 0 Å². The fourth-order valence-corrected chi connectivity index (χ4v) is 3.94. The molecule has 0 unspecified atom stereocenters. The van der Waals surface area contributed by atoms with Crippen molar-refractivity contribution in [3.05, 3.63) is 58.9 Å². The molecule has 4 rings (SSSR count). The topological polar surface area (TPSA) is 50.2 Å². The summed E-state index contributed by atoms with van der Waals surface area (Å²) in [5, 5.41) is 4.06. The van der Waals surface area contributed by atoms with E-state index in [1.165, 1.54) is 34.6 Å². The highest BCUT2D eigenvalue weighted by Crippen LogP contribution is 2.32. The minimum atomic E-state index is -0.113. The number of carbonyl (C=O) groups excluding carboxylic acids is 1. The summed E-state index contributed by atoms with van der Waals surface area (Å²) in [6.45, 7) is 7.81. The number of likely N-dealkylation sites (N-methyl/N-ethyl adjacent to an activating group) is 1. The molecule has 0 radical (unpaired) electrons. The Hall–Kier alpha value is -2.92. The maximum atomic E-state index is 11.2. The predicted octanol–water partition coefficient (Wildman–Crippen LogP) is 4.31. The zero-order valence-electron chi connectivity index (χ0n) is 16.9. The average molecular weight is 374 g/mol. The number of allylic oxidation sites excluding steroid dienone is 1. The van der Waals surface area contributed by atoms with Crippen molar-refractivity contribution in [1.82, 2.24) is 14.5 Å². The summed E-state index contributed by atoms with van der Waals surface area (Å²) in [5.41, 5.74) is 7.58. The predicted molar refractivity (Wildman–Crippen MR) is 115 cm³/mol. The number of hydrogen-bond acceptors (Lipinski definition) is 3. The van der Waals surface area contributed by atoms with Crippen LogP contribution in [-0.4, -0.2) is 34.0 Å². The number of hydrogen-bond donors (Lipinski definition) is 1. The maximum absolute atomic E-state index is 11.2. The quantitative estimate of drug-likeness (QED) is 0.743. The van der Waals surface area contributed by atoms with Gasteiger partial charge in [-0.3, -0.25) is 4.79 Å². The molecule has 1 amide bonds. The first-order chi connectivity index (χ1) is 13.4. The van der Waals surface area contributed by atoms with Crippen LogP contribution in [0.2, 0.25) is 0 Å². The molecule has 28 heavy (non-hydrogen) atoms.